The fourth-order valence-corrected chi connectivity index (χ4v) is 4.40. The summed E-state index contributed by atoms with van der Waals surface area (Å²) in [6, 6.07) is 11.4. The number of hydrogen-bond acceptors (Lipinski definition) is 5. The van der Waals surface area contributed by atoms with Crippen LogP contribution < -0.4 is 9.62 Å². The van der Waals surface area contributed by atoms with E-state index in [-0.39, 0.29) is 17.4 Å². The third kappa shape index (κ3) is 3.46. The molecule has 1 fully saturated rings. The van der Waals surface area contributed by atoms with E-state index in [4.69, 9.17) is 5.11 Å². The van der Waals surface area contributed by atoms with Gasteiger partial charge in [-0.15, -0.1) is 0 Å². The summed E-state index contributed by atoms with van der Waals surface area (Å²) in [6.07, 6.45) is 2.95. The van der Waals surface area contributed by atoms with Crippen molar-refractivity contribution in [2.24, 2.45) is 0 Å². The summed E-state index contributed by atoms with van der Waals surface area (Å²) < 4.78 is 29.7. The van der Waals surface area contributed by atoms with Gasteiger partial charge in [0.05, 0.1) is 34.6 Å². The first kappa shape index (κ1) is 18.5. The average molecular weight is 400 g/mol. The monoisotopic (exact) mass is 400 g/mol. The molecule has 0 spiro atoms. The molecule has 1 aromatic heterocycles. The number of nitrogens with zero attached hydrogens (tertiary/aromatic N) is 3. The van der Waals surface area contributed by atoms with E-state index in [0.717, 1.165) is 11.9 Å². The fourth-order valence-electron chi connectivity index (χ4n) is 3.35. The fraction of sp³-hybridized carbons (Fsp3) is 0.263. The van der Waals surface area contributed by atoms with E-state index >= 15 is 0 Å². The number of imidazole rings is 1. The molecule has 0 atom stereocenters. The minimum absolute atomic E-state index is 0.00113. The Hall–Kier alpha value is -2.91. The van der Waals surface area contributed by atoms with E-state index in [0.29, 0.717) is 36.4 Å². The second kappa shape index (κ2) is 7.25. The summed E-state index contributed by atoms with van der Waals surface area (Å²) in [5.74, 6) is 0.0580. The van der Waals surface area contributed by atoms with Crippen molar-refractivity contribution in [2.45, 2.75) is 24.3 Å². The number of benzene rings is 2. The summed E-state index contributed by atoms with van der Waals surface area (Å²) >= 11 is 0. The standard InChI is InChI=1S/C19H20N4O4S/c24-11-10-22-13-20-17-12-14(3-8-18(17)22)21-28(26,27)16-6-4-15(5-7-16)23-9-1-2-19(23)25/h3-8,12-13,21,24H,1-2,9-11H2. The number of amides is 1. The van der Waals surface area contributed by atoms with Crippen molar-refractivity contribution >= 4 is 38.3 Å². The van der Waals surface area contributed by atoms with Crippen molar-refractivity contribution in [1.82, 2.24) is 9.55 Å². The van der Waals surface area contributed by atoms with E-state index in [1.165, 1.54) is 12.1 Å². The van der Waals surface area contributed by atoms with Crippen molar-refractivity contribution in [3.63, 3.8) is 0 Å². The van der Waals surface area contributed by atoms with Gasteiger partial charge in [0.1, 0.15) is 0 Å². The molecule has 0 bridgehead atoms. The number of aromatic nitrogens is 2. The number of anilines is 2. The smallest absolute Gasteiger partial charge is 0.261 e. The van der Waals surface area contributed by atoms with Crippen molar-refractivity contribution in [1.29, 1.82) is 0 Å². The third-order valence-corrected chi connectivity index (χ3v) is 6.14. The van der Waals surface area contributed by atoms with Gasteiger partial charge in [-0.25, -0.2) is 13.4 Å². The van der Waals surface area contributed by atoms with Crippen LogP contribution in [0.1, 0.15) is 12.8 Å². The van der Waals surface area contributed by atoms with Crippen LogP contribution in [0, 0.1) is 0 Å². The van der Waals surface area contributed by atoms with Gasteiger partial charge in [-0.3, -0.25) is 9.52 Å². The first-order chi connectivity index (χ1) is 13.5. The van der Waals surface area contributed by atoms with Crippen molar-refractivity contribution in [3.8, 4) is 0 Å². The van der Waals surface area contributed by atoms with Gasteiger partial charge in [0.2, 0.25) is 5.91 Å². The highest BCUT2D eigenvalue weighted by Gasteiger charge is 2.22. The minimum Gasteiger partial charge on any atom is -0.395 e. The maximum atomic E-state index is 12.7. The van der Waals surface area contributed by atoms with Gasteiger partial charge in [0, 0.05) is 25.2 Å². The minimum atomic E-state index is -3.77. The van der Waals surface area contributed by atoms with Crippen LogP contribution in [-0.4, -0.2) is 42.1 Å². The Morgan fingerprint density at radius 1 is 1.14 bits per heavy atom. The zero-order valence-electron chi connectivity index (χ0n) is 15.1. The third-order valence-electron chi connectivity index (χ3n) is 4.75. The highest BCUT2D eigenvalue weighted by Crippen LogP contribution is 2.25. The second-order valence-corrected chi connectivity index (χ2v) is 8.30. The summed E-state index contributed by atoms with van der Waals surface area (Å²) in [5.41, 5.74) is 2.56. The van der Waals surface area contributed by atoms with E-state index in [1.807, 2.05) is 0 Å². The van der Waals surface area contributed by atoms with Crippen LogP contribution in [0.15, 0.2) is 53.7 Å². The Bertz CT molecular complexity index is 1120. The molecule has 146 valence electrons. The topological polar surface area (TPSA) is 105 Å². The molecule has 1 amide bonds. The molecule has 9 heteroatoms. The molecular formula is C19H20N4O4S. The Morgan fingerprint density at radius 2 is 1.93 bits per heavy atom. The summed E-state index contributed by atoms with van der Waals surface area (Å²) in [7, 11) is -3.77. The highest BCUT2D eigenvalue weighted by atomic mass is 32.2. The lowest BCUT2D eigenvalue weighted by molar-refractivity contribution is -0.117. The van der Waals surface area contributed by atoms with Gasteiger partial charge >= 0.3 is 0 Å². The lowest BCUT2D eigenvalue weighted by Gasteiger charge is -2.16. The van der Waals surface area contributed by atoms with Gasteiger partial charge < -0.3 is 14.6 Å². The molecule has 0 aliphatic carbocycles. The van der Waals surface area contributed by atoms with Crippen molar-refractivity contribution < 1.29 is 18.3 Å². The summed E-state index contributed by atoms with van der Waals surface area (Å²) in [4.78, 5) is 17.9. The number of carbonyl (C=O) groups excluding carboxylic acids is 1. The van der Waals surface area contributed by atoms with E-state index < -0.39 is 10.0 Å². The average Bonchev–Trinajstić information content (AvgIpc) is 3.28. The number of hydrogen-bond donors (Lipinski definition) is 2. The van der Waals surface area contributed by atoms with Gasteiger partial charge in [-0.05, 0) is 48.9 Å². The number of fused-ring (bicyclic) bond motifs is 1. The van der Waals surface area contributed by atoms with Crippen LogP contribution in [0.3, 0.4) is 0 Å². The Morgan fingerprint density at radius 3 is 2.61 bits per heavy atom. The van der Waals surface area contributed by atoms with E-state index in [9.17, 15) is 13.2 Å². The molecule has 3 aromatic rings. The molecule has 4 rings (SSSR count). The molecule has 0 unspecified atom stereocenters. The van der Waals surface area contributed by atoms with Gasteiger partial charge in [-0.1, -0.05) is 0 Å². The van der Waals surface area contributed by atoms with Gasteiger partial charge in [-0.2, -0.15) is 0 Å². The van der Waals surface area contributed by atoms with Gasteiger partial charge in [0.15, 0.2) is 0 Å². The predicted octanol–water partition coefficient (Wildman–Crippen LogP) is 1.96. The van der Waals surface area contributed by atoms with Crippen LogP contribution >= 0.6 is 0 Å². The molecule has 0 saturated carbocycles. The number of aliphatic hydroxyl groups is 1. The maximum absolute atomic E-state index is 12.7. The molecule has 8 nitrogen and oxygen atoms in total. The first-order valence-corrected chi connectivity index (χ1v) is 10.5. The molecule has 1 aliphatic rings. The molecule has 2 aromatic carbocycles. The normalized spacial score (nSPS) is 14.8. The predicted molar refractivity (Wildman–Crippen MR) is 106 cm³/mol. The molecule has 28 heavy (non-hydrogen) atoms. The molecule has 2 heterocycles. The molecular weight excluding hydrogens is 380 g/mol. The van der Waals surface area contributed by atoms with Crippen LogP contribution in [-0.2, 0) is 21.4 Å². The zero-order valence-corrected chi connectivity index (χ0v) is 15.9. The van der Waals surface area contributed by atoms with Crippen LogP contribution in [0.5, 0.6) is 0 Å². The molecule has 0 radical (unpaired) electrons. The maximum Gasteiger partial charge on any atom is 0.261 e. The number of sulfonamides is 1. The van der Waals surface area contributed by atoms with Crippen molar-refractivity contribution in [2.75, 3.05) is 22.8 Å². The summed E-state index contributed by atoms with van der Waals surface area (Å²) in [5, 5.41) is 9.07. The Kier molecular flexibility index (Phi) is 4.78. The lowest BCUT2D eigenvalue weighted by atomic mass is 10.3. The van der Waals surface area contributed by atoms with Crippen LogP contribution in [0.25, 0.3) is 11.0 Å². The van der Waals surface area contributed by atoms with E-state index in [2.05, 4.69) is 9.71 Å². The van der Waals surface area contributed by atoms with E-state index in [1.54, 1.807) is 46.1 Å². The van der Waals surface area contributed by atoms with Crippen molar-refractivity contribution in [3.05, 3.63) is 48.8 Å². The zero-order chi connectivity index (χ0) is 19.7. The quantitative estimate of drug-likeness (QED) is 0.658. The first-order valence-electron chi connectivity index (χ1n) is 8.97. The largest absolute Gasteiger partial charge is 0.395 e. The van der Waals surface area contributed by atoms with Crippen LogP contribution in [0.4, 0.5) is 11.4 Å². The second-order valence-electron chi connectivity index (χ2n) is 6.61. The SMILES string of the molecule is O=C1CCCN1c1ccc(S(=O)(=O)Nc2ccc3c(c2)ncn3CCO)cc1. The Labute approximate surface area is 162 Å². The number of nitrogens with one attached hydrogen (secondary N) is 1. The molecule has 1 aliphatic heterocycles. The van der Waals surface area contributed by atoms with Gasteiger partial charge in [0.25, 0.3) is 10.0 Å². The lowest BCUT2D eigenvalue weighted by Crippen LogP contribution is -2.23. The molecule has 1 saturated heterocycles. The Balaban J connectivity index is 1.55. The number of carbonyl (C=O) groups is 1. The number of rotatable bonds is 6. The highest BCUT2D eigenvalue weighted by molar-refractivity contribution is 7.92. The molecule has 2 N–H and O–H groups in total. The summed E-state index contributed by atoms with van der Waals surface area (Å²) in [6.45, 7) is 1.08. The number of aliphatic hydroxyl groups excluding tert-OH is 1. The van der Waals surface area contributed by atoms with Crippen LogP contribution in [0.2, 0.25) is 0 Å².